The van der Waals surface area contributed by atoms with Gasteiger partial charge in [0.1, 0.15) is 0 Å². The molecule has 1 aromatic rings. The zero-order valence-electron chi connectivity index (χ0n) is 11.0. The predicted molar refractivity (Wildman–Crippen MR) is 74.8 cm³/mol. The van der Waals surface area contributed by atoms with Crippen molar-refractivity contribution in [2.75, 3.05) is 26.2 Å². The molecule has 1 saturated heterocycles. The first-order valence-electron chi connectivity index (χ1n) is 6.41. The summed E-state index contributed by atoms with van der Waals surface area (Å²) in [5.74, 6) is 0.122. The Labute approximate surface area is 112 Å². The molecular weight excluding hydrogens is 246 g/mol. The van der Waals surface area contributed by atoms with Gasteiger partial charge in [-0.3, -0.25) is 9.69 Å². The molecule has 1 fully saturated rings. The molecule has 1 aliphatic heterocycles. The van der Waals surface area contributed by atoms with Crippen LogP contribution in [0.3, 0.4) is 0 Å². The molecule has 2 heterocycles. The zero-order valence-corrected chi connectivity index (χ0v) is 11.8. The van der Waals surface area contributed by atoms with E-state index >= 15 is 0 Å². The molecular formula is C13H21N3OS. The minimum atomic E-state index is 0.122. The average molecular weight is 267 g/mol. The first-order valence-corrected chi connectivity index (χ1v) is 7.29. The van der Waals surface area contributed by atoms with E-state index in [1.54, 1.807) is 11.3 Å². The first-order chi connectivity index (χ1) is 8.66. The van der Waals surface area contributed by atoms with Crippen LogP contribution in [0.1, 0.15) is 17.4 Å². The Morgan fingerprint density at radius 3 is 3.17 bits per heavy atom. The van der Waals surface area contributed by atoms with Gasteiger partial charge in [0.15, 0.2) is 0 Å². The Hall–Kier alpha value is -0.910. The number of thiophene rings is 1. The highest BCUT2D eigenvalue weighted by Crippen LogP contribution is 2.14. The summed E-state index contributed by atoms with van der Waals surface area (Å²) in [6, 6.07) is 2.53. The number of carbonyl (C=O) groups is 1. The van der Waals surface area contributed by atoms with Crippen molar-refractivity contribution in [3.63, 3.8) is 0 Å². The molecule has 0 aliphatic carbocycles. The van der Waals surface area contributed by atoms with Crippen LogP contribution in [0.5, 0.6) is 0 Å². The molecule has 2 N–H and O–H groups in total. The lowest BCUT2D eigenvalue weighted by Crippen LogP contribution is -2.52. The summed E-state index contributed by atoms with van der Waals surface area (Å²) >= 11 is 1.70. The molecule has 4 nitrogen and oxygen atoms in total. The van der Waals surface area contributed by atoms with Gasteiger partial charge in [0.05, 0.1) is 13.1 Å². The first kappa shape index (κ1) is 13.5. The van der Waals surface area contributed by atoms with Crippen molar-refractivity contribution in [1.29, 1.82) is 0 Å². The van der Waals surface area contributed by atoms with Gasteiger partial charge < -0.3 is 10.6 Å². The largest absolute Gasteiger partial charge is 0.350 e. The second kappa shape index (κ2) is 6.31. The fourth-order valence-corrected chi connectivity index (χ4v) is 2.97. The Kier molecular flexibility index (Phi) is 4.74. The predicted octanol–water partition coefficient (Wildman–Crippen LogP) is 0.966. The second-order valence-electron chi connectivity index (χ2n) is 4.83. The van der Waals surface area contributed by atoms with E-state index in [0.717, 1.165) is 19.6 Å². The van der Waals surface area contributed by atoms with E-state index in [-0.39, 0.29) is 5.91 Å². The second-order valence-corrected chi connectivity index (χ2v) is 5.83. The van der Waals surface area contributed by atoms with Crippen LogP contribution >= 0.6 is 11.3 Å². The van der Waals surface area contributed by atoms with Crippen LogP contribution < -0.4 is 10.6 Å². The van der Waals surface area contributed by atoms with E-state index in [9.17, 15) is 4.79 Å². The molecule has 100 valence electrons. The monoisotopic (exact) mass is 267 g/mol. The molecule has 0 bridgehead atoms. The van der Waals surface area contributed by atoms with Crippen molar-refractivity contribution in [2.24, 2.45) is 0 Å². The third kappa shape index (κ3) is 3.54. The van der Waals surface area contributed by atoms with Crippen LogP contribution in [-0.4, -0.2) is 43.0 Å². The standard InChI is InChI=1S/C13H21N3OS/c1-10-3-6-18-12(10)8-15-13(17)9-16-5-4-14-7-11(16)2/h3,6,11,14H,4-5,7-9H2,1-2H3,(H,15,17)/t11-/m1/s1. The van der Waals surface area contributed by atoms with E-state index in [0.29, 0.717) is 19.1 Å². The number of nitrogens with zero attached hydrogens (tertiary/aromatic N) is 1. The minimum absolute atomic E-state index is 0.122. The highest BCUT2D eigenvalue weighted by atomic mass is 32.1. The summed E-state index contributed by atoms with van der Waals surface area (Å²) in [6.45, 7) is 8.29. The van der Waals surface area contributed by atoms with E-state index in [2.05, 4.69) is 40.8 Å². The Balaban J connectivity index is 1.76. The molecule has 0 saturated carbocycles. The zero-order chi connectivity index (χ0) is 13.0. The van der Waals surface area contributed by atoms with Gasteiger partial charge in [0, 0.05) is 30.6 Å². The molecule has 0 radical (unpaired) electrons. The average Bonchev–Trinajstić information content (AvgIpc) is 2.75. The summed E-state index contributed by atoms with van der Waals surface area (Å²) in [5.41, 5.74) is 1.26. The van der Waals surface area contributed by atoms with Gasteiger partial charge in [-0.2, -0.15) is 0 Å². The molecule has 0 spiro atoms. The van der Waals surface area contributed by atoms with Crippen molar-refractivity contribution in [3.8, 4) is 0 Å². The number of piperazine rings is 1. The Morgan fingerprint density at radius 2 is 2.50 bits per heavy atom. The fraction of sp³-hybridized carbons (Fsp3) is 0.615. The number of aryl methyl sites for hydroxylation is 1. The summed E-state index contributed by atoms with van der Waals surface area (Å²) in [4.78, 5) is 15.4. The van der Waals surface area contributed by atoms with Gasteiger partial charge in [-0.1, -0.05) is 0 Å². The number of rotatable bonds is 4. The molecule has 2 rings (SSSR count). The summed E-state index contributed by atoms with van der Waals surface area (Å²) in [5, 5.41) is 8.40. The van der Waals surface area contributed by atoms with Crippen molar-refractivity contribution in [1.82, 2.24) is 15.5 Å². The molecule has 1 atom stereocenters. The van der Waals surface area contributed by atoms with E-state index in [1.165, 1.54) is 10.4 Å². The van der Waals surface area contributed by atoms with Crippen LogP contribution in [0, 0.1) is 6.92 Å². The minimum Gasteiger partial charge on any atom is -0.350 e. The lowest BCUT2D eigenvalue weighted by atomic mass is 10.2. The third-order valence-electron chi connectivity index (χ3n) is 3.40. The van der Waals surface area contributed by atoms with E-state index in [1.807, 2.05) is 0 Å². The Morgan fingerprint density at radius 1 is 1.67 bits per heavy atom. The fourth-order valence-electron chi connectivity index (χ4n) is 2.12. The molecule has 0 unspecified atom stereocenters. The lowest BCUT2D eigenvalue weighted by molar-refractivity contribution is -0.123. The van der Waals surface area contributed by atoms with Crippen LogP contribution in [-0.2, 0) is 11.3 Å². The van der Waals surface area contributed by atoms with Gasteiger partial charge in [-0.15, -0.1) is 11.3 Å². The van der Waals surface area contributed by atoms with Crippen LogP contribution in [0.25, 0.3) is 0 Å². The van der Waals surface area contributed by atoms with Gasteiger partial charge >= 0.3 is 0 Å². The topological polar surface area (TPSA) is 44.4 Å². The number of hydrogen-bond acceptors (Lipinski definition) is 4. The van der Waals surface area contributed by atoms with E-state index < -0.39 is 0 Å². The molecule has 1 aliphatic rings. The molecule has 1 amide bonds. The quantitative estimate of drug-likeness (QED) is 0.854. The number of hydrogen-bond donors (Lipinski definition) is 2. The van der Waals surface area contributed by atoms with Crippen molar-refractivity contribution >= 4 is 17.2 Å². The highest BCUT2D eigenvalue weighted by Gasteiger charge is 2.19. The summed E-state index contributed by atoms with van der Waals surface area (Å²) in [7, 11) is 0. The van der Waals surface area contributed by atoms with Crippen molar-refractivity contribution in [3.05, 3.63) is 21.9 Å². The smallest absolute Gasteiger partial charge is 0.234 e. The van der Waals surface area contributed by atoms with Crippen molar-refractivity contribution in [2.45, 2.75) is 26.4 Å². The SMILES string of the molecule is Cc1ccsc1CNC(=O)CN1CCNC[C@H]1C. The number of nitrogens with one attached hydrogen (secondary N) is 2. The van der Waals surface area contributed by atoms with Crippen LogP contribution in [0.15, 0.2) is 11.4 Å². The molecule has 5 heteroatoms. The highest BCUT2D eigenvalue weighted by molar-refractivity contribution is 7.10. The summed E-state index contributed by atoms with van der Waals surface area (Å²) < 4.78 is 0. The molecule has 1 aromatic heterocycles. The Bertz CT molecular complexity index is 405. The number of carbonyl (C=O) groups excluding carboxylic acids is 1. The third-order valence-corrected chi connectivity index (χ3v) is 4.42. The van der Waals surface area contributed by atoms with Gasteiger partial charge in [-0.25, -0.2) is 0 Å². The lowest BCUT2D eigenvalue weighted by Gasteiger charge is -2.33. The van der Waals surface area contributed by atoms with Gasteiger partial charge in [-0.05, 0) is 30.9 Å². The van der Waals surface area contributed by atoms with Gasteiger partial charge in [0.2, 0.25) is 5.91 Å². The van der Waals surface area contributed by atoms with Crippen LogP contribution in [0.4, 0.5) is 0 Å². The number of amides is 1. The maximum Gasteiger partial charge on any atom is 0.234 e. The summed E-state index contributed by atoms with van der Waals surface area (Å²) in [6.07, 6.45) is 0. The van der Waals surface area contributed by atoms with E-state index in [4.69, 9.17) is 0 Å². The molecule has 18 heavy (non-hydrogen) atoms. The normalized spacial score (nSPS) is 20.9. The van der Waals surface area contributed by atoms with Crippen molar-refractivity contribution < 1.29 is 4.79 Å². The van der Waals surface area contributed by atoms with Gasteiger partial charge in [0.25, 0.3) is 0 Å². The maximum atomic E-state index is 11.9. The van der Waals surface area contributed by atoms with Crippen LogP contribution in [0.2, 0.25) is 0 Å². The molecule has 0 aromatic carbocycles. The maximum absolute atomic E-state index is 11.9.